The quantitative estimate of drug-likeness (QED) is 0.0373. The molecule has 5 nitrogen and oxygen atoms in total. The summed E-state index contributed by atoms with van der Waals surface area (Å²) in [7, 11) is 0. The molecule has 0 radical (unpaired) electrons. The number of aliphatic hydroxyl groups excluding tert-OH is 1. The van der Waals surface area contributed by atoms with Crippen LogP contribution in [0.2, 0.25) is 0 Å². The Morgan fingerprint density at radius 2 is 0.465 bits per heavy atom. The Balaban J connectivity index is 3.59. The van der Waals surface area contributed by atoms with Crippen LogP contribution in [-0.4, -0.2) is 36.4 Å². The first-order valence-corrected chi connectivity index (χ1v) is 35.0. The average molecular weight is 1180 g/mol. The highest BCUT2D eigenvalue weighted by Gasteiger charge is 2.16. The first-order chi connectivity index (χ1) is 42.6. The second kappa shape index (κ2) is 74.0. The van der Waals surface area contributed by atoms with Crippen molar-refractivity contribution in [1.29, 1.82) is 0 Å². The fourth-order valence-corrected chi connectivity index (χ4v) is 9.24. The third kappa shape index (κ3) is 71.2. The lowest BCUT2D eigenvalue weighted by atomic mass is 10.0. The minimum atomic E-state index is -0.798. The van der Waals surface area contributed by atoms with Crippen LogP contribution >= 0.6 is 0 Å². The molecule has 0 rings (SSSR count). The molecule has 0 aromatic rings. The van der Waals surface area contributed by atoms with Crippen LogP contribution in [0.5, 0.6) is 0 Å². The summed E-state index contributed by atoms with van der Waals surface area (Å²) in [6.45, 7) is 3.90. The third-order valence-corrected chi connectivity index (χ3v) is 14.4. The number of hydrogen-bond acceptors (Lipinski definition) is 5. The van der Waals surface area contributed by atoms with Gasteiger partial charge in [0.2, 0.25) is 0 Å². The predicted octanol–water partition coefficient (Wildman–Crippen LogP) is 24.8. The van der Waals surface area contributed by atoms with Crippen molar-refractivity contribution in [2.45, 2.75) is 290 Å². The van der Waals surface area contributed by atoms with Gasteiger partial charge in [-0.15, -0.1) is 0 Å². The Kier molecular flexibility index (Phi) is 69.5. The number of rotatable bonds is 62. The number of allylic oxidation sites excluding steroid dienone is 32. The lowest BCUT2D eigenvalue weighted by molar-refractivity contribution is -0.161. The van der Waals surface area contributed by atoms with E-state index < -0.39 is 6.10 Å². The smallest absolute Gasteiger partial charge is 0.306 e. The van der Waals surface area contributed by atoms with Gasteiger partial charge in [0.25, 0.3) is 0 Å². The zero-order chi connectivity index (χ0) is 61.9. The van der Waals surface area contributed by atoms with Crippen molar-refractivity contribution in [2.24, 2.45) is 0 Å². The van der Waals surface area contributed by atoms with Crippen molar-refractivity contribution in [1.82, 2.24) is 0 Å². The van der Waals surface area contributed by atoms with Gasteiger partial charge in [-0.2, -0.15) is 0 Å². The van der Waals surface area contributed by atoms with E-state index in [1.807, 2.05) is 0 Å². The highest BCUT2D eigenvalue weighted by molar-refractivity contribution is 5.70. The zero-order valence-corrected chi connectivity index (χ0v) is 55.2. The van der Waals surface area contributed by atoms with Crippen LogP contribution in [0.15, 0.2) is 194 Å². The minimum Gasteiger partial charge on any atom is -0.462 e. The zero-order valence-electron chi connectivity index (χ0n) is 55.2. The summed E-state index contributed by atoms with van der Waals surface area (Å²) in [5, 5.41) is 9.70. The number of aliphatic hydroxyl groups is 1. The summed E-state index contributed by atoms with van der Waals surface area (Å²) in [5.74, 6) is -0.619. The molecule has 0 fully saturated rings. The van der Waals surface area contributed by atoms with Gasteiger partial charge in [0, 0.05) is 12.8 Å². The highest BCUT2D eigenvalue weighted by Crippen LogP contribution is 2.16. The molecule has 5 heteroatoms. The third-order valence-electron chi connectivity index (χ3n) is 14.4. The Hall–Kier alpha value is -5.26. The van der Waals surface area contributed by atoms with E-state index in [2.05, 4.69) is 208 Å². The van der Waals surface area contributed by atoms with Crippen molar-refractivity contribution in [3.8, 4) is 0 Å². The molecule has 0 aliphatic rings. The maximum absolute atomic E-state index is 12.4. The second-order valence-corrected chi connectivity index (χ2v) is 22.5. The van der Waals surface area contributed by atoms with Gasteiger partial charge in [-0.25, -0.2) is 0 Å². The molecule has 0 aliphatic carbocycles. The van der Waals surface area contributed by atoms with Crippen molar-refractivity contribution in [3.05, 3.63) is 194 Å². The van der Waals surface area contributed by atoms with Gasteiger partial charge >= 0.3 is 11.9 Å². The number of hydrogen-bond donors (Lipinski definition) is 1. The van der Waals surface area contributed by atoms with Crippen molar-refractivity contribution in [3.63, 3.8) is 0 Å². The molecule has 0 spiro atoms. The van der Waals surface area contributed by atoms with Crippen LogP contribution in [0.25, 0.3) is 0 Å². The lowest BCUT2D eigenvalue weighted by Gasteiger charge is -2.15. The normalized spacial score (nSPS) is 13.5. The SMILES string of the molecule is CC/C=C\C/C=C\C/C=C\C/C=C\C/C=C\C/C=C\C/C=C\C/C=C\C/C=C\C/C=C\C/C=C\CCCCCCCC(=O)OC(CO)COC(=O)CCCCCCCCCCCCCCCCCCC/C=C\C/C=C\C/C=C\C/C=C\C/C=C\CC. The molecule has 0 amide bonds. The molecule has 1 N–H and O–H groups in total. The summed E-state index contributed by atoms with van der Waals surface area (Å²) < 4.78 is 10.7. The maximum atomic E-state index is 12.4. The number of unbranched alkanes of at least 4 members (excludes halogenated alkanes) is 22. The average Bonchev–Trinajstić information content (AvgIpc) is 3.55. The molecule has 0 aromatic heterocycles. The molecular formula is C81H128O5. The summed E-state index contributed by atoms with van der Waals surface area (Å²) in [4.78, 5) is 24.7. The minimum absolute atomic E-state index is 0.0838. The summed E-state index contributed by atoms with van der Waals surface area (Å²) in [5.41, 5.74) is 0. The number of ether oxygens (including phenoxy) is 2. The molecule has 482 valence electrons. The number of esters is 2. The van der Waals surface area contributed by atoms with Crippen LogP contribution in [0.4, 0.5) is 0 Å². The van der Waals surface area contributed by atoms with Gasteiger partial charge in [-0.3, -0.25) is 9.59 Å². The fraction of sp³-hybridized carbons (Fsp3) is 0.580. The molecular weight excluding hydrogens is 1050 g/mol. The van der Waals surface area contributed by atoms with E-state index in [4.69, 9.17) is 9.47 Å². The first kappa shape index (κ1) is 80.7. The van der Waals surface area contributed by atoms with Crippen molar-refractivity contribution >= 4 is 11.9 Å². The van der Waals surface area contributed by atoms with E-state index >= 15 is 0 Å². The Morgan fingerprint density at radius 3 is 0.698 bits per heavy atom. The molecule has 0 aliphatic heterocycles. The second-order valence-electron chi connectivity index (χ2n) is 22.5. The first-order valence-electron chi connectivity index (χ1n) is 35.0. The molecule has 0 saturated heterocycles. The maximum Gasteiger partial charge on any atom is 0.306 e. The molecule has 0 bridgehead atoms. The Labute approximate surface area is 530 Å². The number of carbonyl (C=O) groups is 2. The van der Waals surface area contributed by atoms with Crippen molar-refractivity contribution < 1.29 is 24.2 Å². The van der Waals surface area contributed by atoms with E-state index in [1.54, 1.807) is 0 Å². The van der Waals surface area contributed by atoms with Crippen LogP contribution in [0.3, 0.4) is 0 Å². The number of carbonyl (C=O) groups excluding carboxylic acids is 2. The fourth-order valence-electron chi connectivity index (χ4n) is 9.24. The van der Waals surface area contributed by atoms with E-state index in [0.717, 1.165) is 161 Å². The highest BCUT2D eigenvalue weighted by atomic mass is 16.6. The summed E-state index contributed by atoms with van der Waals surface area (Å²) in [6, 6.07) is 0. The van der Waals surface area contributed by atoms with Crippen LogP contribution < -0.4 is 0 Å². The Morgan fingerprint density at radius 1 is 0.267 bits per heavy atom. The van der Waals surface area contributed by atoms with Gasteiger partial charge in [0.1, 0.15) is 6.61 Å². The standard InChI is InChI=1S/C81H128O5/c1-3-5-7-9-11-13-15-17-19-21-23-25-27-29-31-33-35-37-38-39-40-41-42-44-46-48-50-52-54-56-58-60-62-64-66-68-70-72-74-76-81(84)86-79(77-82)78-85-80(83)75-73-71-69-67-65-63-61-59-57-55-53-51-49-47-45-43-36-34-32-30-28-26-24-22-20-18-16-14-12-10-8-6-4-2/h5-8,11-14,17-20,23-26,29-32,35,37,39-40,42,44,48,50,54,56,60,62,79,82H,3-4,9-10,15-16,21-22,27-28,33-34,36,38,41,43,45-47,49,51-53,55,57-59,61,63-78H2,1-2H3/b7-5-,8-6-,13-11-,14-12-,19-17-,20-18-,25-23-,26-24-,31-29-,32-30-,37-35-,40-39-,44-42-,50-48-,56-54-,62-60-. The van der Waals surface area contributed by atoms with E-state index in [1.165, 1.54) is 96.3 Å². The molecule has 0 heterocycles. The lowest BCUT2D eigenvalue weighted by Crippen LogP contribution is -2.28. The van der Waals surface area contributed by atoms with Crippen LogP contribution in [-0.2, 0) is 19.1 Å². The molecule has 0 saturated carbocycles. The van der Waals surface area contributed by atoms with E-state index in [9.17, 15) is 14.7 Å². The summed E-state index contributed by atoms with van der Waals surface area (Å²) in [6.07, 6.45) is 117. The largest absolute Gasteiger partial charge is 0.462 e. The van der Waals surface area contributed by atoms with E-state index in [-0.39, 0.29) is 25.2 Å². The van der Waals surface area contributed by atoms with Gasteiger partial charge < -0.3 is 14.6 Å². The predicted molar refractivity (Wildman–Crippen MR) is 379 cm³/mol. The van der Waals surface area contributed by atoms with Crippen LogP contribution in [0, 0.1) is 0 Å². The molecule has 1 unspecified atom stereocenters. The molecule has 0 aromatic carbocycles. The van der Waals surface area contributed by atoms with E-state index in [0.29, 0.717) is 12.8 Å². The monoisotopic (exact) mass is 1180 g/mol. The topological polar surface area (TPSA) is 72.8 Å². The summed E-state index contributed by atoms with van der Waals surface area (Å²) >= 11 is 0. The van der Waals surface area contributed by atoms with Crippen LogP contribution in [0.1, 0.15) is 284 Å². The van der Waals surface area contributed by atoms with Gasteiger partial charge in [0.05, 0.1) is 6.61 Å². The van der Waals surface area contributed by atoms with Crippen molar-refractivity contribution in [2.75, 3.05) is 13.2 Å². The molecule has 1 atom stereocenters. The Bertz CT molecular complexity index is 1970. The van der Waals surface area contributed by atoms with Gasteiger partial charge in [-0.05, 0) is 141 Å². The van der Waals surface area contributed by atoms with Gasteiger partial charge in [0.15, 0.2) is 6.10 Å². The molecule has 86 heavy (non-hydrogen) atoms. The van der Waals surface area contributed by atoms with Gasteiger partial charge in [-0.1, -0.05) is 324 Å².